The van der Waals surface area contributed by atoms with Crippen LogP contribution in [0.3, 0.4) is 0 Å². The van der Waals surface area contributed by atoms with E-state index >= 15 is 0 Å². The number of nitrogen functional groups attached to an aromatic ring is 1. The van der Waals surface area contributed by atoms with Crippen LogP contribution in [0.25, 0.3) is 0 Å². The Bertz CT molecular complexity index is 406. The summed E-state index contributed by atoms with van der Waals surface area (Å²) in [6, 6.07) is 6.11. The molecule has 0 aliphatic heterocycles. The summed E-state index contributed by atoms with van der Waals surface area (Å²) in [7, 11) is 1.65. The van der Waals surface area contributed by atoms with Gasteiger partial charge in [0.2, 0.25) is 0 Å². The molecule has 3 nitrogen and oxygen atoms in total. The molecule has 0 fully saturated rings. The van der Waals surface area contributed by atoms with E-state index in [-0.39, 0.29) is 0 Å². The number of benzene rings is 1. The Balaban J connectivity index is 2.47. The van der Waals surface area contributed by atoms with Gasteiger partial charge in [-0.05, 0) is 48.9 Å². The number of anilines is 1. The minimum Gasteiger partial charge on any atom is -0.495 e. The molecule has 0 atom stereocenters. The lowest BCUT2D eigenvalue weighted by molar-refractivity contribution is 0.217. The highest BCUT2D eigenvalue weighted by Crippen LogP contribution is 2.22. The van der Waals surface area contributed by atoms with Crippen LogP contribution in [0.4, 0.5) is 5.69 Å². The van der Waals surface area contributed by atoms with Crippen LogP contribution in [-0.4, -0.2) is 31.6 Å². The molecule has 0 unspecified atom stereocenters. The largest absolute Gasteiger partial charge is 0.495 e. The van der Waals surface area contributed by atoms with Gasteiger partial charge >= 0.3 is 0 Å². The first-order valence-electron chi connectivity index (χ1n) is 8.07. The number of hydrogen-bond acceptors (Lipinski definition) is 3. The first kappa shape index (κ1) is 17.8. The van der Waals surface area contributed by atoms with Crippen molar-refractivity contribution in [1.29, 1.82) is 0 Å². The van der Waals surface area contributed by atoms with Crippen molar-refractivity contribution in [1.82, 2.24) is 4.90 Å². The van der Waals surface area contributed by atoms with Crippen LogP contribution in [0.15, 0.2) is 18.2 Å². The van der Waals surface area contributed by atoms with E-state index in [1.807, 2.05) is 12.1 Å². The monoisotopic (exact) mass is 292 g/mol. The fraction of sp³-hybridized carbons (Fsp3) is 0.667. The predicted octanol–water partition coefficient (Wildman–Crippen LogP) is 3.82. The van der Waals surface area contributed by atoms with Crippen LogP contribution in [0.1, 0.15) is 39.7 Å². The maximum Gasteiger partial charge on any atom is 0.141 e. The molecule has 0 heterocycles. The maximum absolute atomic E-state index is 5.96. The summed E-state index contributed by atoms with van der Waals surface area (Å²) in [5.41, 5.74) is 7.99. The molecular formula is C18H32N2O. The molecule has 0 saturated carbocycles. The fourth-order valence-corrected chi connectivity index (χ4v) is 2.74. The van der Waals surface area contributed by atoms with E-state index in [1.54, 1.807) is 7.11 Å². The molecule has 0 aliphatic rings. The number of methoxy groups -OCH3 is 1. The van der Waals surface area contributed by atoms with Crippen molar-refractivity contribution in [2.75, 3.05) is 32.5 Å². The highest BCUT2D eigenvalue weighted by atomic mass is 16.5. The summed E-state index contributed by atoms with van der Waals surface area (Å²) in [4.78, 5) is 2.59. The average Bonchev–Trinajstić information content (AvgIpc) is 2.37. The Kier molecular flexibility index (Phi) is 7.58. The summed E-state index contributed by atoms with van der Waals surface area (Å²) >= 11 is 0. The van der Waals surface area contributed by atoms with Gasteiger partial charge in [0.25, 0.3) is 0 Å². The zero-order chi connectivity index (χ0) is 15.8. The quantitative estimate of drug-likeness (QED) is 0.703. The lowest BCUT2D eigenvalue weighted by Crippen LogP contribution is -2.32. The number of nitrogens with zero attached hydrogens (tertiary/aromatic N) is 1. The van der Waals surface area contributed by atoms with Crippen LogP contribution in [0, 0.1) is 11.8 Å². The van der Waals surface area contributed by atoms with Gasteiger partial charge in [0.1, 0.15) is 5.75 Å². The fourth-order valence-electron chi connectivity index (χ4n) is 2.74. The highest BCUT2D eigenvalue weighted by Gasteiger charge is 2.09. The Morgan fingerprint density at radius 2 is 1.71 bits per heavy atom. The minimum atomic E-state index is 0.723. The molecule has 0 radical (unpaired) electrons. The molecule has 1 aromatic rings. The Hall–Kier alpha value is -1.22. The van der Waals surface area contributed by atoms with Gasteiger partial charge in [-0.15, -0.1) is 0 Å². The second-order valence-corrected chi connectivity index (χ2v) is 6.73. The van der Waals surface area contributed by atoms with Gasteiger partial charge in [-0.3, -0.25) is 0 Å². The average molecular weight is 292 g/mol. The van der Waals surface area contributed by atoms with Crippen LogP contribution in [0.5, 0.6) is 5.75 Å². The topological polar surface area (TPSA) is 38.5 Å². The number of hydrogen-bond donors (Lipinski definition) is 1. The van der Waals surface area contributed by atoms with Crippen molar-refractivity contribution in [3.63, 3.8) is 0 Å². The summed E-state index contributed by atoms with van der Waals surface area (Å²) < 4.78 is 5.20. The molecular weight excluding hydrogens is 260 g/mol. The lowest BCUT2D eigenvalue weighted by atomic mass is 10.1. The Morgan fingerprint density at radius 3 is 2.19 bits per heavy atom. The van der Waals surface area contributed by atoms with E-state index in [0.29, 0.717) is 0 Å². The van der Waals surface area contributed by atoms with Gasteiger partial charge in [0, 0.05) is 13.1 Å². The number of aryl methyl sites for hydroxylation is 1. The molecule has 1 rings (SSSR count). The molecule has 0 aromatic heterocycles. The third kappa shape index (κ3) is 6.85. The van der Waals surface area contributed by atoms with Crippen LogP contribution in [0.2, 0.25) is 0 Å². The predicted molar refractivity (Wildman–Crippen MR) is 91.8 cm³/mol. The van der Waals surface area contributed by atoms with Crippen molar-refractivity contribution >= 4 is 5.69 Å². The van der Waals surface area contributed by atoms with Crippen LogP contribution >= 0.6 is 0 Å². The van der Waals surface area contributed by atoms with Crippen LogP contribution < -0.4 is 10.5 Å². The maximum atomic E-state index is 5.96. The molecule has 3 heteroatoms. The van der Waals surface area contributed by atoms with E-state index in [1.165, 1.54) is 25.1 Å². The van der Waals surface area contributed by atoms with E-state index < -0.39 is 0 Å². The number of nitrogens with two attached hydrogens (primary N) is 1. The van der Waals surface area contributed by atoms with E-state index in [0.717, 1.165) is 36.2 Å². The molecule has 0 spiro atoms. The van der Waals surface area contributed by atoms with Gasteiger partial charge in [0.15, 0.2) is 0 Å². The summed E-state index contributed by atoms with van der Waals surface area (Å²) in [6.07, 6.45) is 2.24. The van der Waals surface area contributed by atoms with Gasteiger partial charge in [-0.2, -0.15) is 0 Å². The van der Waals surface area contributed by atoms with Crippen LogP contribution in [-0.2, 0) is 6.42 Å². The molecule has 21 heavy (non-hydrogen) atoms. The molecule has 2 N–H and O–H groups in total. The third-order valence-electron chi connectivity index (χ3n) is 3.48. The van der Waals surface area contributed by atoms with Gasteiger partial charge in [0.05, 0.1) is 12.8 Å². The Morgan fingerprint density at radius 1 is 1.10 bits per heavy atom. The molecule has 1 aromatic carbocycles. The second kappa shape index (κ2) is 8.93. The summed E-state index contributed by atoms with van der Waals surface area (Å²) in [6.45, 7) is 12.7. The smallest absolute Gasteiger partial charge is 0.141 e. The number of ether oxygens (including phenoxy) is 1. The summed E-state index contributed by atoms with van der Waals surface area (Å²) in [5.74, 6) is 2.21. The minimum absolute atomic E-state index is 0.723. The van der Waals surface area contributed by atoms with Gasteiger partial charge in [-0.25, -0.2) is 0 Å². The van der Waals surface area contributed by atoms with E-state index in [2.05, 4.69) is 38.7 Å². The van der Waals surface area contributed by atoms with Crippen molar-refractivity contribution in [2.24, 2.45) is 11.8 Å². The molecule has 0 bridgehead atoms. The Labute approximate surface area is 130 Å². The van der Waals surface area contributed by atoms with Crippen molar-refractivity contribution in [3.8, 4) is 5.75 Å². The first-order valence-corrected chi connectivity index (χ1v) is 8.07. The molecule has 0 aliphatic carbocycles. The van der Waals surface area contributed by atoms with Crippen molar-refractivity contribution in [2.45, 2.75) is 40.5 Å². The van der Waals surface area contributed by atoms with E-state index in [9.17, 15) is 0 Å². The van der Waals surface area contributed by atoms with Crippen molar-refractivity contribution in [3.05, 3.63) is 23.8 Å². The molecule has 120 valence electrons. The number of rotatable bonds is 9. The third-order valence-corrected chi connectivity index (χ3v) is 3.48. The van der Waals surface area contributed by atoms with E-state index in [4.69, 9.17) is 10.5 Å². The highest BCUT2D eigenvalue weighted by molar-refractivity contribution is 5.54. The molecule has 0 amide bonds. The standard InChI is InChI=1S/C18H32N2O/c1-14(2)12-20(13-15(3)4)10-6-7-16-8-9-18(21-5)17(19)11-16/h8-9,11,14-15H,6-7,10,12-13,19H2,1-5H3. The van der Waals surface area contributed by atoms with Crippen molar-refractivity contribution < 1.29 is 4.74 Å². The molecule has 0 saturated heterocycles. The lowest BCUT2D eigenvalue weighted by Gasteiger charge is -2.26. The zero-order valence-electron chi connectivity index (χ0n) is 14.4. The SMILES string of the molecule is COc1ccc(CCCN(CC(C)C)CC(C)C)cc1N. The van der Waals surface area contributed by atoms with Gasteiger partial charge in [-0.1, -0.05) is 33.8 Å². The summed E-state index contributed by atoms with van der Waals surface area (Å²) in [5, 5.41) is 0. The second-order valence-electron chi connectivity index (χ2n) is 6.73. The van der Waals surface area contributed by atoms with Gasteiger partial charge < -0.3 is 15.4 Å². The first-order chi connectivity index (χ1) is 9.92. The zero-order valence-corrected chi connectivity index (χ0v) is 14.4. The normalized spacial score (nSPS) is 11.6.